The molecule has 3 aromatic rings. The van der Waals surface area contributed by atoms with Crippen LogP contribution in [-0.4, -0.2) is 22.3 Å². The molecule has 1 N–H and O–H groups in total. The van der Waals surface area contributed by atoms with Crippen LogP contribution in [0, 0.1) is 10.1 Å². The second-order valence-corrected chi connectivity index (χ2v) is 9.53. The Morgan fingerprint density at radius 1 is 0.971 bits per heavy atom. The molecule has 1 heterocycles. The van der Waals surface area contributed by atoms with Crippen LogP contribution >= 0.6 is 0 Å². The first-order chi connectivity index (χ1) is 16.0. The van der Waals surface area contributed by atoms with Crippen LogP contribution in [0.1, 0.15) is 55.6 Å². The molecule has 0 saturated heterocycles. The van der Waals surface area contributed by atoms with E-state index >= 15 is 0 Å². The van der Waals surface area contributed by atoms with Crippen molar-refractivity contribution in [2.45, 2.75) is 45.1 Å². The minimum atomic E-state index is -0.502. The van der Waals surface area contributed by atoms with Gasteiger partial charge in [0.15, 0.2) is 0 Å². The first-order valence-corrected chi connectivity index (χ1v) is 11.1. The second kappa shape index (κ2) is 8.41. The molecule has 1 aliphatic heterocycles. The maximum absolute atomic E-state index is 12.8. The van der Waals surface area contributed by atoms with Crippen molar-refractivity contribution in [1.82, 2.24) is 0 Å². The lowest BCUT2D eigenvalue weighted by molar-refractivity contribution is -0.384. The van der Waals surface area contributed by atoms with E-state index in [1.165, 1.54) is 24.3 Å². The average molecular weight is 458 g/mol. The summed E-state index contributed by atoms with van der Waals surface area (Å²) in [6.07, 6.45) is 0.705. The molecule has 34 heavy (non-hydrogen) atoms. The van der Waals surface area contributed by atoms with Gasteiger partial charge >= 0.3 is 0 Å². The van der Waals surface area contributed by atoms with Gasteiger partial charge in [0.25, 0.3) is 11.6 Å². The summed E-state index contributed by atoms with van der Waals surface area (Å²) in [6.45, 7) is 7.88. The van der Waals surface area contributed by atoms with E-state index in [0.29, 0.717) is 17.7 Å². The third-order valence-corrected chi connectivity index (χ3v) is 6.55. The number of nitro groups is 1. The SMILES string of the molecule is CC(=O)N1c2ccc(NC(=O)c3ccc([N+](=O)[O-])cc3)cc2C(C)(c2ccccc2)CC1(C)C. The molecule has 4 rings (SSSR count). The lowest BCUT2D eigenvalue weighted by Crippen LogP contribution is -2.55. The van der Waals surface area contributed by atoms with Gasteiger partial charge in [-0.2, -0.15) is 0 Å². The highest BCUT2D eigenvalue weighted by Crippen LogP contribution is 2.51. The predicted molar refractivity (Wildman–Crippen MR) is 132 cm³/mol. The minimum Gasteiger partial charge on any atom is -0.322 e. The van der Waals surface area contributed by atoms with Crippen molar-refractivity contribution in [2.24, 2.45) is 0 Å². The maximum Gasteiger partial charge on any atom is 0.269 e. The number of carbonyl (C=O) groups is 2. The molecule has 0 radical (unpaired) electrons. The van der Waals surface area contributed by atoms with Gasteiger partial charge in [0.1, 0.15) is 0 Å². The van der Waals surface area contributed by atoms with Crippen molar-refractivity contribution in [3.63, 3.8) is 0 Å². The molecule has 7 nitrogen and oxygen atoms in total. The Morgan fingerprint density at radius 2 is 1.62 bits per heavy atom. The number of hydrogen-bond donors (Lipinski definition) is 1. The molecular weight excluding hydrogens is 430 g/mol. The highest BCUT2D eigenvalue weighted by Gasteiger charge is 2.47. The Hall–Kier alpha value is -4.00. The number of rotatable bonds is 4. The number of hydrogen-bond acceptors (Lipinski definition) is 4. The molecule has 0 spiro atoms. The first kappa shape index (κ1) is 23.2. The number of fused-ring (bicyclic) bond motifs is 1. The van der Waals surface area contributed by atoms with E-state index in [1.54, 1.807) is 13.0 Å². The van der Waals surface area contributed by atoms with Crippen molar-refractivity contribution in [1.29, 1.82) is 0 Å². The summed E-state index contributed by atoms with van der Waals surface area (Å²) in [5, 5.41) is 13.8. The number of nitrogens with zero attached hydrogens (tertiary/aromatic N) is 2. The molecule has 3 aromatic carbocycles. The number of amides is 2. The Balaban J connectivity index is 1.76. The Morgan fingerprint density at radius 3 is 2.21 bits per heavy atom. The Kier molecular flexibility index (Phi) is 5.73. The van der Waals surface area contributed by atoms with Gasteiger partial charge in [0, 0.05) is 46.9 Å². The van der Waals surface area contributed by atoms with Gasteiger partial charge in [-0.15, -0.1) is 0 Å². The van der Waals surface area contributed by atoms with Gasteiger partial charge in [0.2, 0.25) is 5.91 Å². The number of benzene rings is 3. The molecule has 1 atom stereocenters. The molecule has 0 bridgehead atoms. The number of anilines is 2. The fourth-order valence-electron chi connectivity index (χ4n) is 5.21. The van der Waals surface area contributed by atoms with Crippen LogP contribution in [0.4, 0.5) is 17.1 Å². The van der Waals surface area contributed by atoms with Crippen LogP contribution in [0.5, 0.6) is 0 Å². The predicted octanol–water partition coefficient (Wildman–Crippen LogP) is 5.69. The van der Waals surface area contributed by atoms with Crippen molar-refractivity contribution in [3.8, 4) is 0 Å². The van der Waals surface area contributed by atoms with Crippen LogP contribution < -0.4 is 10.2 Å². The maximum atomic E-state index is 12.8. The third kappa shape index (κ3) is 4.05. The highest BCUT2D eigenvalue weighted by molar-refractivity contribution is 6.05. The number of carbonyl (C=O) groups excluding carboxylic acids is 2. The zero-order valence-corrected chi connectivity index (χ0v) is 19.7. The molecular formula is C27H27N3O4. The van der Waals surface area contributed by atoms with Gasteiger partial charge in [-0.3, -0.25) is 19.7 Å². The van der Waals surface area contributed by atoms with Crippen LogP contribution in [0.25, 0.3) is 0 Å². The molecule has 7 heteroatoms. The van der Waals surface area contributed by atoms with Gasteiger partial charge in [-0.05, 0) is 61.7 Å². The average Bonchev–Trinajstić information content (AvgIpc) is 2.79. The summed E-state index contributed by atoms with van der Waals surface area (Å²) < 4.78 is 0. The first-order valence-electron chi connectivity index (χ1n) is 11.1. The van der Waals surface area contributed by atoms with E-state index in [0.717, 1.165) is 16.8 Å². The molecule has 0 fully saturated rings. The largest absolute Gasteiger partial charge is 0.322 e. The van der Waals surface area contributed by atoms with E-state index < -0.39 is 10.5 Å². The lowest BCUT2D eigenvalue weighted by Gasteiger charge is -2.51. The van der Waals surface area contributed by atoms with Crippen LogP contribution in [0.2, 0.25) is 0 Å². The summed E-state index contributed by atoms with van der Waals surface area (Å²) in [4.78, 5) is 37.7. The number of nitro benzene ring substituents is 1. The van der Waals surface area contributed by atoms with Gasteiger partial charge in [0.05, 0.1) is 4.92 Å². The zero-order valence-electron chi connectivity index (χ0n) is 19.7. The molecule has 0 aromatic heterocycles. The van der Waals surface area contributed by atoms with Crippen LogP contribution in [0.3, 0.4) is 0 Å². The Bertz CT molecular complexity index is 1270. The van der Waals surface area contributed by atoms with Gasteiger partial charge < -0.3 is 10.2 Å². The summed E-state index contributed by atoms with van der Waals surface area (Å²) in [5.74, 6) is -0.403. The quantitative estimate of drug-likeness (QED) is 0.402. The number of nitrogens with one attached hydrogen (secondary N) is 1. The normalized spacial score (nSPS) is 18.6. The van der Waals surface area contributed by atoms with E-state index in [9.17, 15) is 19.7 Å². The van der Waals surface area contributed by atoms with E-state index in [4.69, 9.17) is 0 Å². The highest BCUT2D eigenvalue weighted by atomic mass is 16.6. The standard InChI is InChI=1S/C27H27N3O4/c1-18(31)29-24-15-12-21(28-25(32)19-10-13-22(14-11-19)30(33)34)16-23(24)27(4,17-26(29,2)3)20-8-6-5-7-9-20/h5-16H,17H2,1-4H3,(H,28,32). The molecule has 174 valence electrons. The summed E-state index contributed by atoms with van der Waals surface area (Å²) in [7, 11) is 0. The Labute approximate surface area is 198 Å². The van der Waals surface area contributed by atoms with Crippen molar-refractivity contribution in [2.75, 3.05) is 10.2 Å². The molecule has 1 aliphatic rings. The molecule has 0 saturated carbocycles. The van der Waals surface area contributed by atoms with Gasteiger partial charge in [-0.25, -0.2) is 0 Å². The fraction of sp³-hybridized carbons (Fsp3) is 0.259. The molecule has 0 aliphatic carbocycles. The molecule has 2 amide bonds. The minimum absolute atomic E-state index is 0.0379. The van der Waals surface area contributed by atoms with E-state index in [-0.39, 0.29) is 22.9 Å². The van der Waals surface area contributed by atoms with E-state index in [2.05, 4.69) is 38.2 Å². The van der Waals surface area contributed by atoms with Crippen LogP contribution in [0.15, 0.2) is 72.8 Å². The van der Waals surface area contributed by atoms with Crippen molar-refractivity contribution < 1.29 is 14.5 Å². The zero-order chi connectivity index (χ0) is 24.7. The van der Waals surface area contributed by atoms with Crippen molar-refractivity contribution >= 4 is 28.9 Å². The van der Waals surface area contributed by atoms with Crippen LogP contribution in [-0.2, 0) is 10.2 Å². The van der Waals surface area contributed by atoms with Gasteiger partial charge in [-0.1, -0.05) is 37.3 Å². The van der Waals surface area contributed by atoms with E-state index in [1.807, 2.05) is 35.2 Å². The summed E-state index contributed by atoms with van der Waals surface area (Å²) in [5.41, 5.74) is 2.95. The monoisotopic (exact) mass is 457 g/mol. The smallest absolute Gasteiger partial charge is 0.269 e. The lowest BCUT2D eigenvalue weighted by atomic mass is 9.65. The summed E-state index contributed by atoms with van der Waals surface area (Å²) in [6, 6.07) is 21.2. The number of non-ortho nitro benzene ring substituents is 1. The molecule has 1 unspecified atom stereocenters. The topological polar surface area (TPSA) is 92.6 Å². The van der Waals surface area contributed by atoms with Crippen molar-refractivity contribution in [3.05, 3.63) is 99.6 Å². The third-order valence-electron chi connectivity index (χ3n) is 6.55. The fourth-order valence-corrected chi connectivity index (χ4v) is 5.21. The summed E-state index contributed by atoms with van der Waals surface area (Å²) >= 11 is 0. The second-order valence-electron chi connectivity index (χ2n) is 9.53.